The molecule has 0 N–H and O–H groups in total. The first-order valence-corrected chi connectivity index (χ1v) is 16.4. The van der Waals surface area contributed by atoms with Gasteiger partial charge in [0.15, 0.2) is 0 Å². The predicted molar refractivity (Wildman–Crippen MR) is 107 cm³/mol. The van der Waals surface area contributed by atoms with Crippen molar-refractivity contribution in [2.24, 2.45) is 0 Å². The van der Waals surface area contributed by atoms with Crippen molar-refractivity contribution in [1.29, 1.82) is 0 Å². The Labute approximate surface area is 164 Å². The normalized spacial score (nSPS) is 18.4. The second-order valence-electron chi connectivity index (χ2n) is 6.59. The third kappa shape index (κ3) is 4.19. The Morgan fingerprint density at radius 3 is 1.46 bits per heavy atom. The molecule has 26 heavy (non-hydrogen) atoms. The number of hydrogen-bond acceptors (Lipinski definition) is 2. The molecule has 2 aromatic carbocycles. The summed E-state index contributed by atoms with van der Waals surface area (Å²) in [6.45, 7) is 4.52. The predicted octanol–water partition coefficient (Wildman–Crippen LogP) is 3.08. The second-order valence-corrected chi connectivity index (χ2v) is 20.6. The van der Waals surface area contributed by atoms with Crippen LogP contribution in [0.2, 0.25) is 13.1 Å². The average molecular weight is 399 g/mol. The van der Waals surface area contributed by atoms with E-state index in [1.807, 2.05) is 0 Å². The standard InChI is InChI=1S/2C9H7.C2H7Si.2CH3O.Ti/c2*1-2-5-9-7-3-6-8(9)4-1;1-3-2;2*1-2;/h2*1-7H;3H,1-2H3;2*1H3;/q;;;2*-1;+2. The molecule has 0 heterocycles. The summed E-state index contributed by atoms with van der Waals surface area (Å²) >= 11 is -1.25. The van der Waals surface area contributed by atoms with Gasteiger partial charge in [-0.2, -0.15) is 14.2 Å². The van der Waals surface area contributed by atoms with Crippen LogP contribution in [0, 0.1) is 0 Å². The van der Waals surface area contributed by atoms with Gasteiger partial charge in [-0.25, -0.2) is 0 Å². The summed E-state index contributed by atoms with van der Waals surface area (Å²) in [6, 6.07) is 18.1. The van der Waals surface area contributed by atoms with Gasteiger partial charge < -0.3 is 10.2 Å². The van der Waals surface area contributed by atoms with Gasteiger partial charge in [0.2, 0.25) is 0 Å². The maximum atomic E-state index is 8.25. The monoisotopic (exact) mass is 399 g/mol. The Hall–Kier alpha value is -1.23. The molecule has 2 aliphatic rings. The molecule has 2 unspecified atom stereocenters. The van der Waals surface area contributed by atoms with E-state index < -0.39 is 23.8 Å². The van der Waals surface area contributed by atoms with E-state index in [1.54, 1.807) is 11.1 Å². The Morgan fingerprint density at radius 1 is 0.692 bits per heavy atom. The van der Waals surface area contributed by atoms with Crippen LogP contribution in [0.25, 0.3) is 12.2 Å². The molecule has 2 nitrogen and oxygen atoms in total. The van der Waals surface area contributed by atoms with E-state index in [9.17, 15) is 0 Å². The molecular weight excluding hydrogens is 372 g/mol. The Bertz CT molecular complexity index is 709. The summed E-state index contributed by atoms with van der Waals surface area (Å²) in [5.41, 5.74) is 6.14. The topological polar surface area (TPSA) is 46.1 Å². The van der Waals surface area contributed by atoms with Crippen molar-refractivity contribution in [3.05, 3.63) is 82.9 Å². The van der Waals surface area contributed by atoms with Gasteiger partial charge in [0.05, 0.1) is 0 Å². The molecule has 2 aromatic rings. The molecule has 0 aromatic heterocycles. The summed E-state index contributed by atoms with van der Waals surface area (Å²) in [5, 5.41) is 16.5. The second kappa shape index (κ2) is 10.2. The molecular formula is C22H27O2SiTi. The van der Waals surface area contributed by atoms with Gasteiger partial charge in [0.25, 0.3) is 0 Å². The Balaban J connectivity index is 0.000000570. The molecule has 2 atom stereocenters. The first-order chi connectivity index (χ1) is 12.8. The van der Waals surface area contributed by atoms with Crippen LogP contribution >= 0.6 is 0 Å². The van der Waals surface area contributed by atoms with Crippen molar-refractivity contribution in [2.75, 3.05) is 14.2 Å². The number of rotatable bonds is 3. The Kier molecular flexibility index (Phi) is 8.26. The Morgan fingerprint density at radius 2 is 1.08 bits per heavy atom. The van der Waals surface area contributed by atoms with Crippen molar-refractivity contribution in [1.82, 2.24) is 0 Å². The zero-order chi connectivity index (χ0) is 19.1. The SMILES string of the molecule is C[O-].C[O-].C[SiH](C)[Ti+2]([CH]1C=Cc2ccccc21)[CH]1C=Cc2ccccc21. The van der Waals surface area contributed by atoms with E-state index in [0.717, 1.165) is 22.7 Å². The van der Waals surface area contributed by atoms with Crippen molar-refractivity contribution in [2.45, 2.75) is 21.5 Å². The van der Waals surface area contributed by atoms with Crippen LogP contribution in [0.3, 0.4) is 0 Å². The summed E-state index contributed by atoms with van der Waals surface area (Å²) in [5.74, 6) is 0. The summed E-state index contributed by atoms with van der Waals surface area (Å²) in [7, 11) is 1.50. The fourth-order valence-electron chi connectivity index (χ4n) is 3.99. The molecule has 4 heteroatoms. The molecule has 4 rings (SSSR count). The molecule has 0 fully saturated rings. The van der Waals surface area contributed by atoms with Gasteiger partial charge in [-0.3, -0.25) is 0 Å². The first kappa shape index (κ1) is 21.1. The van der Waals surface area contributed by atoms with Crippen LogP contribution in [-0.4, -0.2) is 20.9 Å². The van der Waals surface area contributed by atoms with Crippen molar-refractivity contribution >= 4 is 18.8 Å². The minimum atomic E-state index is -1.25. The molecule has 0 saturated heterocycles. The van der Waals surface area contributed by atoms with E-state index >= 15 is 0 Å². The molecule has 0 bridgehead atoms. The van der Waals surface area contributed by atoms with Crippen LogP contribution in [0.1, 0.15) is 30.7 Å². The zero-order valence-corrected chi connectivity index (χ0v) is 18.7. The van der Waals surface area contributed by atoms with Gasteiger partial charge in [0, 0.05) is 0 Å². The molecule has 0 radical (unpaired) electrons. The minimum absolute atomic E-state index is 0.645. The summed E-state index contributed by atoms with van der Waals surface area (Å²) in [4.78, 5) is 0. The first-order valence-electron chi connectivity index (χ1n) is 8.98. The number of allylic oxidation sites excluding steroid dienone is 2. The molecule has 0 amide bonds. The van der Waals surface area contributed by atoms with Crippen molar-refractivity contribution < 1.29 is 27.3 Å². The van der Waals surface area contributed by atoms with Gasteiger partial charge in [-0.05, 0) is 0 Å². The van der Waals surface area contributed by atoms with E-state index in [4.69, 9.17) is 10.2 Å². The van der Waals surface area contributed by atoms with Crippen LogP contribution in [0.4, 0.5) is 0 Å². The molecule has 135 valence electrons. The quantitative estimate of drug-likeness (QED) is 0.745. The van der Waals surface area contributed by atoms with Crippen molar-refractivity contribution in [3.63, 3.8) is 0 Å². The van der Waals surface area contributed by atoms with E-state index in [2.05, 4.69) is 85.9 Å². The molecule has 0 saturated carbocycles. The number of hydrogen-bond donors (Lipinski definition) is 0. The summed E-state index contributed by atoms with van der Waals surface area (Å²) in [6.07, 6.45) is 9.80. The zero-order valence-electron chi connectivity index (χ0n) is 16.0. The van der Waals surface area contributed by atoms with Gasteiger partial charge in [-0.1, -0.05) is 0 Å². The van der Waals surface area contributed by atoms with E-state index in [1.165, 1.54) is 11.1 Å². The van der Waals surface area contributed by atoms with Gasteiger partial charge >= 0.3 is 140 Å². The number of fused-ring (bicyclic) bond motifs is 2. The third-order valence-corrected chi connectivity index (χ3v) is 19.3. The average Bonchev–Trinajstić information content (AvgIpc) is 3.31. The fraction of sp³-hybridized carbons (Fsp3) is 0.273. The van der Waals surface area contributed by atoms with Gasteiger partial charge in [0.1, 0.15) is 0 Å². The van der Waals surface area contributed by atoms with E-state index in [-0.39, 0.29) is 0 Å². The summed E-state index contributed by atoms with van der Waals surface area (Å²) < 4.78 is 1.51. The fourth-order valence-corrected chi connectivity index (χ4v) is 18.1. The number of benzene rings is 2. The third-order valence-electron chi connectivity index (χ3n) is 4.98. The van der Waals surface area contributed by atoms with Crippen LogP contribution in [0.5, 0.6) is 0 Å². The maximum absolute atomic E-state index is 8.25. The van der Waals surface area contributed by atoms with Crippen LogP contribution in [-0.2, 0) is 17.1 Å². The molecule has 0 aliphatic heterocycles. The van der Waals surface area contributed by atoms with Crippen LogP contribution in [0.15, 0.2) is 60.7 Å². The van der Waals surface area contributed by atoms with E-state index in [0.29, 0.717) is 0 Å². The molecule has 0 spiro atoms. The van der Waals surface area contributed by atoms with Crippen LogP contribution < -0.4 is 10.2 Å². The van der Waals surface area contributed by atoms with Crippen molar-refractivity contribution in [3.8, 4) is 0 Å². The van der Waals surface area contributed by atoms with Gasteiger partial charge in [-0.15, -0.1) is 0 Å². The molecule has 2 aliphatic carbocycles.